The van der Waals surface area contributed by atoms with Crippen LogP contribution in [-0.2, 0) is 0 Å². The number of nitrogen functional groups attached to an aromatic ring is 1. The summed E-state index contributed by atoms with van der Waals surface area (Å²) < 4.78 is 3.99. The van der Waals surface area contributed by atoms with E-state index in [9.17, 15) is 4.79 Å². The monoisotopic (exact) mass is 266 g/mol. The fourth-order valence-corrected chi connectivity index (χ4v) is 2.32. The summed E-state index contributed by atoms with van der Waals surface area (Å²) in [6, 6.07) is -0.0664. The molecule has 0 aliphatic rings. The van der Waals surface area contributed by atoms with Crippen LogP contribution < -0.4 is 16.4 Å². The Morgan fingerprint density at radius 2 is 2.39 bits per heavy atom. The van der Waals surface area contributed by atoms with Gasteiger partial charge < -0.3 is 21.4 Å². The molecule has 2 heterocycles. The van der Waals surface area contributed by atoms with Crippen molar-refractivity contribution < 1.29 is 4.79 Å². The van der Waals surface area contributed by atoms with Crippen molar-refractivity contribution in [1.82, 2.24) is 19.7 Å². The maximum absolute atomic E-state index is 11.7. The van der Waals surface area contributed by atoms with Gasteiger partial charge in [-0.3, -0.25) is 4.79 Å². The highest BCUT2D eigenvalue weighted by Gasteiger charge is 2.20. The summed E-state index contributed by atoms with van der Waals surface area (Å²) in [6.45, 7) is 1.93. The van der Waals surface area contributed by atoms with E-state index in [0.29, 0.717) is 10.6 Å². The average Bonchev–Trinajstić information content (AvgIpc) is 2.98. The number of hydrogen-bond acceptors (Lipinski definition) is 6. The number of nitrogens with one attached hydrogen (secondary N) is 3. The first-order valence-corrected chi connectivity index (χ1v) is 6.14. The van der Waals surface area contributed by atoms with E-state index in [1.807, 2.05) is 6.92 Å². The SMILES string of the molecule is CNC(=O)c1c(N)nsc1NC(C)c1ncc[nH]1. The summed E-state index contributed by atoms with van der Waals surface area (Å²) >= 11 is 1.16. The molecule has 96 valence electrons. The van der Waals surface area contributed by atoms with E-state index in [2.05, 4.69) is 25.0 Å². The number of nitrogens with two attached hydrogens (primary N) is 1. The standard InChI is InChI=1S/C10H14N6OS/c1-5(8-13-3-4-14-8)15-10-6(9(17)12-2)7(11)16-18-10/h3-5,15H,1-2H3,(H2,11,16)(H,12,17)(H,13,14). The van der Waals surface area contributed by atoms with E-state index in [-0.39, 0.29) is 17.8 Å². The molecule has 0 aliphatic heterocycles. The quantitative estimate of drug-likeness (QED) is 0.659. The van der Waals surface area contributed by atoms with Crippen LogP contribution in [-0.4, -0.2) is 27.3 Å². The topological polar surface area (TPSA) is 109 Å². The predicted octanol–water partition coefficient (Wildman–Crippen LogP) is 0.981. The molecule has 8 heteroatoms. The maximum Gasteiger partial charge on any atom is 0.257 e. The van der Waals surface area contributed by atoms with Crippen LogP contribution >= 0.6 is 11.5 Å². The molecule has 5 N–H and O–H groups in total. The van der Waals surface area contributed by atoms with E-state index in [1.165, 1.54) is 0 Å². The van der Waals surface area contributed by atoms with Crippen LogP contribution in [0.15, 0.2) is 12.4 Å². The molecule has 0 saturated heterocycles. The van der Waals surface area contributed by atoms with Crippen molar-refractivity contribution in [2.45, 2.75) is 13.0 Å². The number of anilines is 2. The lowest BCUT2D eigenvalue weighted by atomic mass is 10.2. The molecule has 2 rings (SSSR count). The zero-order valence-corrected chi connectivity index (χ0v) is 10.8. The first-order chi connectivity index (χ1) is 8.63. The number of carbonyl (C=O) groups is 1. The number of aromatic amines is 1. The smallest absolute Gasteiger partial charge is 0.257 e. The molecule has 0 aromatic carbocycles. The second kappa shape index (κ2) is 5.05. The van der Waals surface area contributed by atoms with Crippen molar-refractivity contribution in [3.63, 3.8) is 0 Å². The van der Waals surface area contributed by atoms with Gasteiger partial charge in [0.05, 0.1) is 6.04 Å². The molecule has 2 aromatic heterocycles. The summed E-state index contributed by atoms with van der Waals surface area (Å²) in [6.07, 6.45) is 3.42. The van der Waals surface area contributed by atoms with Gasteiger partial charge in [0.15, 0.2) is 5.82 Å². The third-order valence-electron chi connectivity index (χ3n) is 2.45. The largest absolute Gasteiger partial charge is 0.382 e. The number of carbonyl (C=O) groups excluding carboxylic acids is 1. The van der Waals surface area contributed by atoms with Gasteiger partial charge in [-0.2, -0.15) is 4.37 Å². The van der Waals surface area contributed by atoms with Crippen LogP contribution in [0.2, 0.25) is 0 Å². The first-order valence-electron chi connectivity index (χ1n) is 5.36. The third-order valence-corrected chi connectivity index (χ3v) is 3.24. The van der Waals surface area contributed by atoms with Crippen LogP contribution in [0, 0.1) is 0 Å². The molecule has 2 aromatic rings. The molecule has 0 fully saturated rings. The zero-order valence-electron chi connectivity index (χ0n) is 10.0. The van der Waals surface area contributed by atoms with Gasteiger partial charge in [0.2, 0.25) is 0 Å². The summed E-state index contributed by atoms with van der Waals surface area (Å²) in [5.41, 5.74) is 6.06. The Balaban J connectivity index is 2.22. The molecule has 0 saturated carbocycles. The van der Waals surface area contributed by atoms with Gasteiger partial charge in [-0.05, 0) is 18.5 Å². The summed E-state index contributed by atoms with van der Waals surface area (Å²) in [4.78, 5) is 18.8. The average molecular weight is 266 g/mol. The molecule has 0 spiro atoms. The number of aromatic nitrogens is 3. The highest BCUT2D eigenvalue weighted by atomic mass is 32.1. The normalized spacial score (nSPS) is 12.1. The van der Waals surface area contributed by atoms with Gasteiger partial charge in [0, 0.05) is 19.4 Å². The number of imidazole rings is 1. The van der Waals surface area contributed by atoms with E-state index >= 15 is 0 Å². The minimum absolute atomic E-state index is 0.0664. The predicted molar refractivity (Wildman–Crippen MR) is 70.5 cm³/mol. The minimum atomic E-state index is -0.254. The van der Waals surface area contributed by atoms with Crippen LogP contribution in [0.3, 0.4) is 0 Å². The van der Waals surface area contributed by atoms with Gasteiger partial charge in [-0.1, -0.05) is 0 Å². The Hall–Kier alpha value is -2.09. The number of H-pyrrole nitrogens is 1. The number of rotatable bonds is 4. The zero-order chi connectivity index (χ0) is 13.1. The molecule has 18 heavy (non-hydrogen) atoms. The van der Waals surface area contributed by atoms with Crippen LogP contribution in [0.25, 0.3) is 0 Å². The minimum Gasteiger partial charge on any atom is -0.382 e. The van der Waals surface area contributed by atoms with Crippen molar-refractivity contribution in [3.05, 3.63) is 23.8 Å². The molecule has 1 atom stereocenters. The third kappa shape index (κ3) is 2.28. The Bertz CT molecular complexity index is 535. The highest BCUT2D eigenvalue weighted by molar-refractivity contribution is 7.11. The van der Waals surface area contributed by atoms with Crippen LogP contribution in [0.5, 0.6) is 0 Å². The molecule has 1 unspecified atom stereocenters. The van der Waals surface area contributed by atoms with Gasteiger partial charge in [-0.15, -0.1) is 0 Å². The lowest BCUT2D eigenvalue weighted by Gasteiger charge is -2.12. The summed E-state index contributed by atoms with van der Waals surface area (Å²) in [7, 11) is 1.55. The maximum atomic E-state index is 11.7. The van der Waals surface area contributed by atoms with Gasteiger partial charge >= 0.3 is 0 Å². The molecule has 0 aliphatic carbocycles. The van der Waals surface area contributed by atoms with Crippen molar-refractivity contribution >= 4 is 28.3 Å². The van der Waals surface area contributed by atoms with Gasteiger partial charge in [0.25, 0.3) is 5.91 Å². The van der Waals surface area contributed by atoms with Crippen LogP contribution in [0.1, 0.15) is 29.1 Å². The molecule has 1 amide bonds. The fraction of sp³-hybridized carbons (Fsp3) is 0.300. The second-order valence-corrected chi connectivity index (χ2v) is 4.46. The van der Waals surface area contributed by atoms with Gasteiger partial charge in [-0.25, -0.2) is 4.98 Å². The van der Waals surface area contributed by atoms with E-state index < -0.39 is 0 Å². The Kier molecular flexibility index (Phi) is 3.47. The molecular weight excluding hydrogens is 252 g/mol. The van der Waals surface area contributed by atoms with Crippen molar-refractivity contribution in [2.24, 2.45) is 0 Å². The van der Waals surface area contributed by atoms with E-state index in [1.54, 1.807) is 19.4 Å². The molecular formula is C10H14N6OS. The summed E-state index contributed by atoms with van der Waals surface area (Å²) in [5, 5.41) is 6.35. The number of amides is 1. The van der Waals surface area contributed by atoms with Crippen molar-refractivity contribution in [3.8, 4) is 0 Å². The van der Waals surface area contributed by atoms with Crippen molar-refractivity contribution in [2.75, 3.05) is 18.1 Å². The lowest BCUT2D eigenvalue weighted by molar-refractivity contribution is 0.0965. The number of hydrogen-bond donors (Lipinski definition) is 4. The molecule has 7 nitrogen and oxygen atoms in total. The highest BCUT2D eigenvalue weighted by Crippen LogP contribution is 2.29. The lowest BCUT2D eigenvalue weighted by Crippen LogP contribution is -2.20. The second-order valence-electron chi connectivity index (χ2n) is 3.69. The first kappa shape index (κ1) is 12.4. The number of nitrogens with zero attached hydrogens (tertiary/aromatic N) is 2. The molecule has 0 radical (unpaired) electrons. The van der Waals surface area contributed by atoms with E-state index in [4.69, 9.17) is 5.73 Å². The Morgan fingerprint density at radius 1 is 1.61 bits per heavy atom. The Morgan fingerprint density at radius 3 is 3.00 bits per heavy atom. The van der Waals surface area contributed by atoms with Crippen molar-refractivity contribution in [1.29, 1.82) is 0 Å². The van der Waals surface area contributed by atoms with E-state index in [0.717, 1.165) is 17.4 Å². The molecule has 0 bridgehead atoms. The Labute approximate surface area is 108 Å². The van der Waals surface area contributed by atoms with Crippen LogP contribution in [0.4, 0.5) is 10.8 Å². The summed E-state index contributed by atoms with van der Waals surface area (Å²) in [5.74, 6) is 0.758. The fourth-order valence-electron chi connectivity index (χ4n) is 1.52. The van der Waals surface area contributed by atoms with Gasteiger partial charge in [0.1, 0.15) is 16.4 Å².